The smallest absolute Gasteiger partial charge is 0.461 e. The van der Waals surface area contributed by atoms with Crippen LogP contribution in [0.15, 0.2) is 24.3 Å². The first kappa shape index (κ1) is 19.1. The fraction of sp³-hybridized carbons (Fsp3) is 0.571. The van der Waals surface area contributed by atoms with Gasteiger partial charge in [0.1, 0.15) is 10.5 Å². The van der Waals surface area contributed by atoms with Gasteiger partial charge >= 0.3 is 12.5 Å². The molecule has 0 spiro atoms. The minimum absolute atomic E-state index is 0.377. The van der Waals surface area contributed by atoms with Gasteiger partial charge in [-0.05, 0) is 45.4 Å². The molecule has 0 aliphatic rings. The molecule has 0 aromatic heterocycles. The Bertz CT molecular complexity index is 494. The highest BCUT2D eigenvalue weighted by Gasteiger charge is 2.44. The zero-order valence-electron chi connectivity index (χ0n) is 12.7. The average Bonchev–Trinajstić information content (AvgIpc) is 2.37. The van der Waals surface area contributed by atoms with Crippen LogP contribution in [-0.2, 0) is 11.4 Å². The van der Waals surface area contributed by atoms with Crippen LogP contribution in [-0.4, -0.2) is 21.8 Å². The van der Waals surface area contributed by atoms with Gasteiger partial charge in [0.05, 0.1) is 6.04 Å². The molecule has 8 heteroatoms. The molecule has 0 aliphatic carbocycles. The highest BCUT2D eigenvalue weighted by atomic mass is 32.2. The van der Waals surface area contributed by atoms with E-state index in [0.29, 0.717) is 5.56 Å². The first-order valence-electron chi connectivity index (χ1n) is 6.56. The van der Waals surface area contributed by atoms with Crippen molar-refractivity contribution in [3.8, 4) is 5.75 Å². The molecule has 1 rings (SSSR count). The summed E-state index contributed by atoms with van der Waals surface area (Å²) < 4.78 is 68.4. The lowest BCUT2D eigenvalue weighted by molar-refractivity contribution is -0.253. The van der Waals surface area contributed by atoms with Crippen molar-refractivity contribution in [1.29, 1.82) is 0 Å². The Balaban J connectivity index is 2.84. The quantitative estimate of drug-likeness (QED) is 0.627. The molecule has 0 heterocycles. The lowest BCUT2D eigenvalue weighted by Gasteiger charge is -2.26. The van der Waals surface area contributed by atoms with E-state index in [1.165, 1.54) is 12.1 Å². The standard InChI is InChI=1S/C14H19F4NO2S/c1-9(19-22(20)13(2,3)4)10-6-5-7-11(8-10)21-14(17,18)12(15)16/h5-9,12,19H,1-4H3/t9-,22-/m1/s1. The summed E-state index contributed by atoms with van der Waals surface area (Å²) in [6.45, 7) is 7.04. The number of nitrogens with one attached hydrogen (secondary N) is 1. The Morgan fingerprint density at radius 3 is 2.32 bits per heavy atom. The number of halogens is 4. The van der Waals surface area contributed by atoms with Crippen molar-refractivity contribution in [2.24, 2.45) is 0 Å². The van der Waals surface area contributed by atoms with E-state index in [0.717, 1.165) is 6.07 Å². The molecule has 1 aromatic rings. The summed E-state index contributed by atoms with van der Waals surface area (Å²) in [5.74, 6) is -0.377. The van der Waals surface area contributed by atoms with E-state index in [1.54, 1.807) is 33.8 Å². The molecule has 0 aliphatic heterocycles. The minimum atomic E-state index is -4.55. The Morgan fingerprint density at radius 2 is 1.82 bits per heavy atom. The van der Waals surface area contributed by atoms with Gasteiger partial charge in [0.25, 0.3) is 0 Å². The zero-order chi connectivity index (χ0) is 17.1. The van der Waals surface area contributed by atoms with Gasteiger partial charge in [-0.15, -0.1) is 4.72 Å². The van der Waals surface area contributed by atoms with Gasteiger partial charge < -0.3 is 9.29 Å². The van der Waals surface area contributed by atoms with Crippen LogP contribution in [0.4, 0.5) is 17.6 Å². The van der Waals surface area contributed by atoms with Gasteiger partial charge in [0, 0.05) is 11.4 Å². The summed E-state index contributed by atoms with van der Waals surface area (Å²) in [6.07, 6.45) is -8.47. The normalized spacial score (nSPS) is 15.7. The molecule has 0 bridgehead atoms. The van der Waals surface area contributed by atoms with E-state index in [9.17, 15) is 22.1 Å². The Morgan fingerprint density at radius 1 is 1.23 bits per heavy atom. The van der Waals surface area contributed by atoms with Crippen LogP contribution in [0.1, 0.15) is 39.3 Å². The predicted molar refractivity (Wildman–Crippen MR) is 77.5 cm³/mol. The molecule has 0 saturated heterocycles. The summed E-state index contributed by atoms with van der Waals surface area (Å²) in [7, 11) is 0. The topological polar surface area (TPSA) is 44.3 Å². The fourth-order valence-corrected chi connectivity index (χ4v) is 2.27. The van der Waals surface area contributed by atoms with Crippen LogP contribution in [0.5, 0.6) is 5.75 Å². The van der Waals surface area contributed by atoms with E-state index in [4.69, 9.17) is 0 Å². The summed E-state index contributed by atoms with van der Waals surface area (Å²) in [5, 5.41) is 0. The van der Waals surface area contributed by atoms with Gasteiger partial charge in [0.15, 0.2) is 0 Å². The van der Waals surface area contributed by atoms with Gasteiger partial charge in [-0.3, -0.25) is 0 Å². The summed E-state index contributed by atoms with van der Waals surface area (Å²) >= 11 is -1.36. The number of ether oxygens (including phenoxy) is 1. The minimum Gasteiger partial charge on any atom is -0.598 e. The maximum atomic E-state index is 12.9. The molecule has 22 heavy (non-hydrogen) atoms. The van der Waals surface area contributed by atoms with Crippen LogP contribution in [0.25, 0.3) is 0 Å². The largest absolute Gasteiger partial charge is 0.598 e. The molecular formula is C14H19F4NO2S. The number of rotatable bonds is 6. The van der Waals surface area contributed by atoms with Crippen LogP contribution in [0.3, 0.4) is 0 Å². The van der Waals surface area contributed by atoms with Crippen LogP contribution < -0.4 is 9.46 Å². The SMILES string of the molecule is C[C@@H](N[S@+]([O-])C(C)(C)C)c1cccc(OC(F)(F)C(F)F)c1. The van der Waals surface area contributed by atoms with Crippen LogP contribution >= 0.6 is 0 Å². The second kappa shape index (κ2) is 7.06. The third kappa shape index (κ3) is 5.33. The highest BCUT2D eigenvalue weighted by Crippen LogP contribution is 2.29. The maximum absolute atomic E-state index is 12.9. The molecule has 0 amide bonds. The number of alkyl halides is 4. The molecule has 0 radical (unpaired) electrons. The van der Waals surface area contributed by atoms with Crippen LogP contribution in [0, 0.1) is 0 Å². The molecule has 126 valence electrons. The van der Waals surface area contributed by atoms with Crippen LogP contribution in [0.2, 0.25) is 0 Å². The van der Waals surface area contributed by atoms with Crippen molar-refractivity contribution in [2.75, 3.05) is 0 Å². The van der Waals surface area contributed by atoms with Crippen molar-refractivity contribution in [2.45, 2.75) is 51.0 Å². The Labute approximate surface area is 130 Å². The van der Waals surface area contributed by atoms with Crippen molar-refractivity contribution in [3.05, 3.63) is 29.8 Å². The average molecular weight is 341 g/mol. The highest BCUT2D eigenvalue weighted by molar-refractivity contribution is 7.90. The maximum Gasteiger partial charge on any atom is 0.461 e. The Kier molecular flexibility index (Phi) is 6.11. The molecule has 3 nitrogen and oxygen atoms in total. The number of benzene rings is 1. The van der Waals surface area contributed by atoms with Gasteiger partial charge in [-0.25, -0.2) is 0 Å². The summed E-state index contributed by atoms with van der Waals surface area (Å²) in [5.41, 5.74) is 0.500. The molecule has 0 unspecified atom stereocenters. The second-order valence-electron chi connectivity index (χ2n) is 5.76. The molecule has 2 atom stereocenters. The van der Waals surface area contributed by atoms with Crippen molar-refractivity contribution >= 4 is 11.4 Å². The predicted octanol–water partition coefficient (Wildman–Crippen LogP) is 4.04. The summed E-state index contributed by atoms with van der Waals surface area (Å²) in [4.78, 5) is 0. The lowest BCUT2D eigenvalue weighted by Crippen LogP contribution is -2.40. The third-order valence-corrected chi connectivity index (χ3v) is 4.39. The molecule has 1 N–H and O–H groups in total. The van der Waals surface area contributed by atoms with Gasteiger partial charge in [0.2, 0.25) is 0 Å². The van der Waals surface area contributed by atoms with Crippen molar-refractivity contribution < 1.29 is 26.9 Å². The second-order valence-corrected chi connectivity index (χ2v) is 7.76. The fourth-order valence-electron chi connectivity index (χ4n) is 1.45. The number of hydrogen-bond acceptors (Lipinski definition) is 3. The number of hydrogen-bond donors (Lipinski definition) is 1. The molecular weight excluding hydrogens is 322 g/mol. The van der Waals surface area contributed by atoms with E-state index >= 15 is 0 Å². The van der Waals surface area contributed by atoms with Crippen molar-refractivity contribution in [3.63, 3.8) is 0 Å². The first-order chi connectivity index (χ1) is 9.93. The Hall–Kier alpha value is -0.990. The molecule has 0 saturated carbocycles. The van der Waals surface area contributed by atoms with E-state index < -0.39 is 34.7 Å². The zero-order valence-corrected chi connectivity index (χ0v) is 13.5. The first-order valence-corrected chi connectivity index (χ1v) is 7.71. The van der Waals surface area contributed by atoms with Crippen molar-refractivity contribution in [1.82, 2.24) is 4.72 Å². The third-order valence-electron chi connectivity index (χ3n) is 2.71. The van der Waals surface area contributed by atoms with Gasteiger partial charge in [-0.2, -0.15) is 17.6 Å². The van der Waals surface area contributed by atoms with E-state index in [2.05, 4.69) is 9.46 Å². The molecule has 1 aromatic carbocycles. The monoisotopic (exact) mass is 341 g/mol. The molecule has 0 fully saturated rings. The van der Waals surface area contributed by atoms with E-state index in [1.807, 2.05) is 0 Å². The van der Waals surface area contributed by atoms with Gasteiger partial charge in [-0.1, -0.05) is 12.1 Å². The lowest BCUT2D eigenvalue weighted by atomic mass is 10.1. The summed E-state index contributed by atoms with van der Waals surface area (Å²) in [6, 6.07) is 4.96. The van der Waals surface area contributed by atoms with E-state index in [-0.39, 0.29) is 5.75 Å².